The Labute approximate surface area is 124 Å². The molecule has 0 amide bonds. The second kappa shape index (κ2) is 7.88. The highest BCUT2D eigenvalue weighted by molar-refractivity contribution is 5.30. The molecule has 0 atom stereocenters. The number of hydrogen-bond acceptors (Lipinski definition) is 4. The molecular formula is C15H21N3O3. The van der Waals surface area contributed by atoms with Crippen molar-refractivity contribution in [3.05, 3.63) is 40.3 Å². The predicted octanol–water partition coefficient (Wildman–Crippen LogP) is 3.77. The van der Waals surface area contributed by atoms with Crippen molar-refractivity contribution in [3.63, 3.8) is 0 Å². The number of ether oxygens (including phenoxy) is 3. The number of azide groups is 1. The Balaban J connectivity index is 2.00. The molecule has 0 bridgehead atoms. The van der Waals surface area contributed by atoms with E-state index in [2.05, 4.69) is 16.9 Å². The summed E-state index contributed by atoms with van der Waals surface area (Å²) < 4.78 is 17.0. The first-order chi connectivity index (χ1) is 10.3. The van der Waals surface area contributed by atoms with Crippen LogP contribution in [0.4, 0.5) is 0 Å². The van der Waals surface area contributed by atoms with Crippen molar-refractivity contribution >= 4 is 0 Å². The minimum atomic E-state index is -0.951. The van der Waals surface area contributed by atoms with Gasteiger partial charge < -0.3 is 14.2 Å². The van der Waals surface area contributed by atoms with Crippen LogP contribution in [-0.4, -0.2) is 26.4 Å². The van der Waals surface area contributed by atoms with E-state index in [1.54, 1.807) is 0 Å². The molecule has 114 valence electrons. The third kappa shape index (κ3) is 4.11. The number of benzene rings is 1. The van der Waals surface area contributed by atoms with Gasteiger partial charge in [-0.15, -0.1) is 0 Å². The molecule has 1 aliphatic rings. The zero-order valence-corrected chi connectivity index (χ0v) is 12.3. The van der Waals surface area contributed by atoms with Crippen molar-refractivity contribution in [2.45, 2.75) is 32.0 Å². The molecule has 1 aromatic carbocycles. The first-order valence-electron chi connectivity index (χ1n) is 7.33. The van der Waals surface area contributed by atoms with E-state index in [4.69, 9.17) is 19.7 Å². The molecule has 1 heterocycles. The molecule has 6 nitrogen and oxygen atoms in total. The van der Waals surface area contributed by atoms with Gasteiger partial charge in [0.15, 0.2) is 0 Å². The number of nitrogens with zero attached hydrogens (tertiary/aromatic N) is 3. The van der Waals surface area contributed by atoms with Crippen LogP contribution < -0.4 is 4.74 Å². The molecule has 0 N–H and O–H groups in total. The summed E-state index contributed by atoms with van der Waals surface area (Å²) in [6.45, 7) is 4.01. The van der Waals surface area contributed by atoms with Crippen LogP contribution in [0.15, 0.2) is 29.4 Å². The molecule has 0 saturated carbocycles. The van der Waals surface area contributed by atoms with Gasteiger partial charge in [-0.25, -0.2) is 0 Å². The van der Waals surface area contributed by atoms with Crippen LogP contribution in [-0.2, 0) is 15.3 Å². The smallest absolute Gasteiger partial charge is 0.200 e. The molecule has 6 heteroatoms. The average Bonchev–Trinajstić information content (AvgIpc) is 3.00. The zero-order chi connectivity index (χ0) is 15.0. The summed E-state index contributed by atoms with van der Waals surface area (Å²) in [5.74, 6) is -0.126. The van der Waals surface area contributed by atoms with Crippen molar-refractivity contribution < 1.29 is 14.2 Å². The third-order valence-electron chi connectivity index (χ3n) is 3.41. The number of unbranched alkanes of at least 4 members (excludes halogenated alkanes) is 2. The number of rotatable bonds is 8. The third-order valence-corrected chi connectivity index (χ3v) is 3.41. The fourth-order valence-corrected chi connectivity index (χ4v) is 2.28. The van der Waals surface area contributed by atoms with Gasteiger partial charge in [0, 0.05) is 10.5 Å². The van der Waals surface area contributed by atoms with Gasteiger partial charge >= 0.3 is 0 Å². The topological polar surface area (TPSA) is 76.5 Å². The van der Waals surface area contributed by atoms with Crippen molar-refractivity contribution in [2.24, 2.45) is 5.11 Å². The van der Waals surface area contributed by atoms with E-state index in [0.29, 0.717) is 13.2 Å². The molecule has 1 saturated heterocycles. The quantitative estimate of drug-likeness (QED) is 0.316. The highest BCUT2D eigenvalue weighted by Crippen LogP contribution is 2.33. The normalized spacial score (nSPS) is 16.4. The first kappa shape index (κ1) is 15.6. The maximum absolute atomic E-state index is 8.50. The van der Waals surface area contributed by atoms with E-state index in [9.17, 15) is 0 Å². The van der Waals surface area contributed by atoms with Crippen LogP contribution in [0.5, 0.6) is 5.75 Å². The van der Waals surface area contributed by atoms with Crippen LogP contribution in [0.2, 0.25) is 0 Å². The van der Waals surface area contributed by atoms with Gasteiger partial charge in [-0.1, -0.05) is 24.9 Å². The van der Waals surface area contributed by atoms with Crippen molar-refractivity contribution in [1.82, 2.24) is 0 Å². The highest BCUT2D eigenvalue weighted by atomic mass is 16.7. The van der Waals surface area contributed by atoms with Crippen LogP contribution in [0.25, 0.3) is 10.4 Å². The molecule has 0 aliphatic carbocycles. The Hall–Kier alpha value is -1.75. The van der Waals surface area contributed by atoms with Gasteiger partial charge in [-0.3, -0.25) is 0 Å². The SMILES string of the molecule is CCCCCOc1ccc(C2(CN=[N+]=[N-])OCCO2)cc1. The Morgan fingerprint density at radius 2 is 1.95 bits per heavy atom. The summed E-state index contributed by atoms with van der Waals surface area (Å²) in [5.41, 5.74) is 9.34. The largest absolute Gasteiger partial charge is 0.494 e. The molecule has 0 unspecified atom stereocenters. The minimum Gasteiger partial charge on any atom is -0.494 e. The van der Waals surface area contributed by atoms with Crippen LogP contribution >= 0.6 is 0 Å². The van der Waals surface area contributed by atoms with E-state index in [1.807, 2.05) is 24.3 Å². The Kier molecular flexibility index (Phi) is 5.87. The predicted molar refractivity (Wildman–Crippen MR) is 79.1 cm³/mol. The van der Waals surface area contributed by atoms with Crippen molar-refractivity contribution in [2.75, 3.05) is 26.4 Å². The van der Waals surface area contributed by atoms with Crippen LogP contribution in [0.3, 0.4) is 0 Å². The Morgan fingerprint density at radius 1 is 1.24 bits per heavy atom. The standard InChI is InChI=1S/C15H21N3O3/c1-2-3-4-9-19-14-7-5-13(6-8-14)15(12-17-18-16)20-10-11-21-15/h5-8H,2-4,9-12H2,1H3. The molecular weight excluding hydrogens is 270 g/mol. The summed E-state index contributed by atoms with van der Waals surface area (Å²) in [6, 6.07) is 7.58. The van der Waals surface area contributed by atoms with E-state index in [-0.39, 0.29) is 6.54 Å². The average molecular weight is 291 g/mol. The fourth-order valence-electron chi connectivity index (χ4n) is 2.28. The molecule has 1 aromatic rings. The van der Waals surface area contributed by atoms with Crippen LogP contribution in [0.1, 0.15) is 31.7 Å². The van der Waals surface area contributed by atoms with Gasteiger partial charge in [-0.05, 0) is 36.2 Å². The lowest BCUT2D eigenvalue weighted by molar-refractivity contribution is -0.156. The van der Waals surface area contributed by atoms with Crippen molar-refractivity contribution in [1.29, 1.82) is 0 Å². The van der Waals surface area contributed by atoms with E-state index >= 15 is 0 Å². The lowest BCUT2D eigenvalue weighted by Gasteiger charge is -2.26. The summed E-state index contributed by atoms with van der Waals surface area (Å²) in [6.07, 6.45) is 3.42. The Bertz CT molecular complexity index is 477. The van der Waals surface area contributed by atoms with Gasteiger partial charge in [0.2, 0.25) is 5.79 Å². The Morgan fingerprint density at radius 3 is 2.57 bits per heavy atom. The summed E-state index contributed by atoms with van der Waals surface area (Å²) in [4.78, 5) is 2.79. The monoisotopic (exact) mass is 291 g/mol. The van der Waals surface area contributed by atoms with Crippen LogP contribution in [0, 0.1) is 0 Å². The molecule has 0 aromatic heterocycles. The zero-order valence-electron chi connectivity index (χ0n) is 12.3. The van der Waals surface area contributed by atoms with Gasteiger partial charge in [0.25, 0.3) is 0 Å². The van der Waals surface area contributed by atoms with Crippen molar-refractivity contribution in [3.8, 4) is 5.75 Å². The van der Waals surface area contributed by atoms with E-state index in [1.165, 1.54) is 12.8 Å². The second-order valence-corrected chi connectivity index (χ2v) is 4.92. The van der Waals surface area contributed by atoms with Gasteiger partial charge in [0.1, 0.15) is 5.75 Å². The molecule has 1 aliphatic heterocycles. The highest BCUT2D eigenvalue weighted by Gasteiger charge is 2.37. The summed E-state index contributed by atoms with van der Waals surface area (Å²) >= 11 is 0. The number of hydrogen-bond donors (Lipinski definition) is 0. The molecule has 0 spiro atoms. The van der Waals surface area contributed by atoms with E-state index in [0.717, 1.165) is 24.3 Å². The lowest BCUT2D eigenvalue weighted by atomic mass is 10.1. The van der Waals surface area contributed by atoms with Gasteiger partial charge in [-0.2, -0.15) is 0 Å². The summed E-state index contributed by atoms with van der Waals surface area (Å²) in [5, 5.41) is 3.59. The fraction of sp³-hybridized carbons (Fsp3) is 0.600. The molecule has 0 radical (unpaired) electrons. The second-order valence-electron chi connectivity index (χ2n) is 4.92. The first-order valence-corrected chi connectivity index (χ1v) is 7.33. The molecule has 2 rings (SSSR count). The maximum Gasteiger partial charge on any atom is 0.200 e. The minimum absolute atomic E-state index is 0.125. The summed E-state index contributed by atoms with van der Waals surface area (Å²) in [7, 11) is 0. The maximum atomic E-state index is 8.50. The molecule has 1 fully saturated rings. The van der Waals surface area contributed by atoms with Gasteiger partial charge in [0.05, 0.1) is 26.4 Å². The van der Waals surface area contributed by atoms with E-state index < -0.39 is 5.79 Å². The molecule has 21 heavy (non-hydrogen) atoms. The lowest BCUT2D eigenvalue weighted by Crippen LogP contribution is -2.30.